The number of carbonyl (C=O) groups excluding carboxylic acids is 2. The van der Waals surface area contributed by atoms with Crippen molar-refractivity contribution in [3.05, 3.63) is 107 Å². The van der Waals surface area contributed by atoms with Crippen LogP contribution < -0.4 is 15.4 Å². The summed E-state index contributed by atoms with van der Waals surface area (Å²) in [5.41, 5.74) is 3.78. The average Bonchev–Trinajstić information content (AvgIpc) is 3.42. The normalized spacial score (nSPS) is 12.6. The summed E-state index contributed by atoms with van der Waals surface area (Å²) in [6.45, 7) is 2.02. The van der Waals surface area contributed by atoms with Crippen LogP contribution >= 0.6 is 11.3 Å². The first kappa shape index (κ1) is 30.7. The fourth-order valence-electron chi connectivity index (χ4n) is 4.40. The topological polar surface area (TPSA) is 147 Å². The number of nitrogens with one attached hydrogen (secondary N) is 3. The molecule has 1 aromatic heterocycles. The fraction of sp³-hybridized carbons (Fsp3) is 0.233. The number of thiazole rings is 1. The van der Waals surface area contributed by atoms with Crippen LogP contribution in [-0.4, -0.2) is 43.1 Å². The minimum atomic E-state index is -4.41. The van der Waals surface area contributed by atoms with E-state index < -0.39 is 34.4 Å². The Labute approximate surface area is 249 Å². The second kappa shape index (κ2) is 14.1. The number of anilines is 1. The molecular weight excluding hydrogens is 576 g/mol. The molecule has 2 unspecified atom stereocenters. The van der Waals surface area contributed by atoms with Gasteiger partial charge in [-0.2, -0.15) is 8.42 Å². The van der Waals surface area contributed by atoms with Crippen LogP contribution in [0.15, 0.2) is 84.9 Å². The third-order valence-electron chi connectivity index (χ3n) is 6.42. The van der Waals surface area contributed by atoms with Crippen molar-refractivity contribution in [3.8, 4) is 10.4 Å². The molecule has 0 aliphatic heterocycles. The number of methoxy groups -OCH3 is 1. The van der Waals surface area contributed by atoms with Crippen molar-refractivity contribution < 1.29 is 27.3 Å². The van der Waals surface area contributed by atoms with Crippen LogP contribution in [0.1, 0.15) is 34.8 Å². The molecule has 0 fully saturated rings. The second-order valence-corrected chi connectivity index (χ2v) is 11.6. The number of ether oxygens (including phenoxy) is 1. The molecule has 42 heavy (non-hydrogen) atoms. The summed E-state index contributed by atoms with van der Waals surface area (Å²) in [4.78, 5) is 31.8. The van der Waals surface area contributed by atoms with Crippen molar-refractivity contribution in [3.63, 3.8) is 0 Å². The Morgan fingerprint density at radius 1 is 0.905 bits per heavy atom. The largest absolute Gasteiger partial charge is 0.453 e. The molecule has 0 aliphatic rings. The van der Waals surface area contributed by atoms with Crippen LogP contribution in [0.3, 0.4) is 0 Å². The maximum Gasteiger partial charge on any atom is 0.407 e. The van der Waals surface area contributed by atoms with Crippen molar-refractivity contribution in [2.24, 2.45) is 0 Å². The highest BCUT2D eigenvalue weighted by Crippen LogP contribution is 2.34. The van der Waals surface area contributed by atoms with Crippen LogP contribution in [0.2, 0.25) is 0 Å². The maximum absolute atomic E-state index is 13.7. The average molecular weight is 609 g/mol. The third-order valence-corrected chi connectivity index (χ3v) is 8.17. The van der Waals surface area contributed by atoms with E-state index in [1.54, 1.807) is 12.1 Å². The van der Waals surface area contributed by atoms with E-state index in [1.807, 2.05) is 72.3 Å². The summed E-state index contributed by atoms with van der Waals surface area (Å²) in [7, 11) is -3.17. The number of amides is 2. The molecule has 0 spiro atoms. The molecule has 4 N–H and O–H groups in total. The maximum atomic E-state index is 13.7. The summed E-state index contributed by atoms with van der Waals surface area (Å²) in [5, 5.41) is 6.42. The lowest BCUT2D eigenvalue weighted by Crippen LogP contribution is -2.49. The highest BCUT2D eigenvalue weighted by atomic mass is 32.2. The summed E-state index contributed by atoms with van der Waals surface area (Å²) in [6, 6.07) is 24.2. The predicted octanol–water partition coefficient (Wildman–Crippen LogP) is 4.95. The van der Waals surface area contributed by atoms with E-state index in [-0.39, 0.29) is 12.1 Å². The number of nitrogens with zero attached hydrogens (tertiary/aromatic N) is 1. The number of aryl methyl sites for hydroxylation is 1. The van der Waals surface area contributed by atoms with E-state index >= 15 is 0 Å². The number of rotatable bonds is 12. The molecule has 0 saturated heterocycles. The van der Waals surface area contributed by atoms with Gasteiger partial charge in [0.2, 0.25) is 5.91 Å². The molecule has 12 heteroatoms. The molecule has 2 atom stereocenters. The van der Waals surface area contributed by atoms with Crippen LogP contribution in [0.4, 0.5) is 10.5 Å². The third kappa shape index (κ3) is 8.62. The number of aromatic nitrogens is 1. The molecule has 1 heterocycles. The molecule has 4 aromatic rings. The van der Waals surface area contributed by atoms with Crippen molar-refractivity contribution in [2.75, 3.05) is 11.8 Å². The molecule has 4 rings (SSSR count). The lowest BCUT2D eigenvalue weighted by atomic mass is 10.0. The highest BCUT2D eigenvalue weighted by Gasteiger charge is 2.27. The number of carbonyl (C=O) groups is 2. The highest BCUT2D eigenvalue weighted by molar-refractivity contribution is 7.87. The molecule has 0 radical (unpaired) electrons. The lowest BCUT2D eigenvalue weighted by Gasteiger charge is -2.22. The van der Waals surface area contributed by atoms with Crippen molar-refractivity contribution in [1.29, 1.82) is 0 Å². The molecule has 3 aromatic carbocycles. The first-order valence-corrected chi connectivity index (χ1v) is 15.5. The van der Waals surface area contributed by atoms with Gasteiger partial charge in [0.1, 0.15) is 11.0 Å². The van der Waals surface area contributed by atoms with Gasteiger partial charge < -0.3 is 15.4 Å². The van der Waals surface area contributed by atoms with Crippen LogP contribution in [0, 0.1) is 0 Å². The fourth-order valence-corrected chi connectivity index (χ4v) is 6.05. The van der Waals surface area contributed by atoms with Crippen LogP contribution in [-0.2, 0) is 39.1 Å². The van der Waals surface area contributed by atoms with Crippen LogP contribution in [0.25, 0.3) is 10.4 Å². The van der Waals surface area contributed by atoms with Crippen molar-refractivity contribution in [2.45, 2.75) is 38.3 Å². The first-order chi connectivity index (χ1) is 20.1. The Kier molecular flexibility index (Phi) is 10.3. The van der Waals surface area contributed by atoms with Gasteiger partial charge in [-0.25, -0.2) is 9.78 Å². The first-order valence-electron chi connectivity index (χ1n) is 13.2. The van der Waals surface area contributed by atoms with E-state index in [2.05, 4.69) is 10.6 Å². The summed E-state index contributed by atoms with van der Waals surface area (Å²) in [6.07, 6.45) is 0.549. The van der Waals surface area contributed by atoms with Crippen LogP contribution in [0.5, 0.6) is 0 Å². The second-order valence-electron chi connectivity index (χ2n) is 9.47. The number of hydrogen-bond acceptors (Lipinski definition) is 7. The summed E-state index contributed by atoms with van der Waals surface area (Å²) in [5.74, 6) is -0.409. The van der Waals surface area contributed by atoms with E-state index in [1.165, 1.54) is 30.6 Å². The Morgan fingerprint density at radius 2 is 1.52 bits per heavy atom. The van der Waals surface area contributed by atoms with Gasteiger partial charge in [0.15, 0.2) is 0 Å². The molecule has 2 amide bonds. The lowest BCUT2D eigenvalue weighted by molar-refractivity contribution is -0.123. The van der Waals surface area contributed by atoms with Crippen molar-refractivity contribution in [1.82, 2.24) is 15.6 Å². The van der Waals surface area contributed by atoms with E-state index in [0.29, 0.717) is 17.8 Å². The zero-order valence-electron chi connectivity index (χ0n) is 23.1. The van der Waals surface area contributed by atoms with E-state index in [4.69, 9.17) is 14.3 Å². The standard InChI is InChI=1S/C30H32N4O6S2/c1-3-24-27(22-12-8-5-9-13-22)41-29(32-24)26(19-21-14-16-23(17-15-21)34-42(37,38)39)31-28(35)25(33-30(36)40-2)18-20-10-6-4-7-11-20/h4-17,25-26,34H,3,18-19H2,1-2H3,(H,31,35)(H,33,36)(H,37,38,39). The molecule has 10 nitrogen and oxygen atoms in total. The molecule has 0 aliphatic carbocycles. The van der Waals surface area contributed by atoms with E-state index in [9.17, 15) is 18.0 Å². The minimum absolute atomic E-state index is 0.195. The van der Waals surface area contributed by atoms with Gasteiger partial charge in [-0.15, -0.1) is 11.3 Å². The molecular formula is C30H32N4O6S2. The number of alkyl carbamates (subject to hydrolysis) is 1. The van der Waals surface area contributed by atoms with Gasteiger partial charge in [-0.3, -0.25) is 14.1 Å². The number of hydrogen-bond donors (Lipinski definition) is 4. The van der Waals surface area contributed by atoms with Gasteiger partial charge in [0.05, 0.1) is 29.4 Å². The molecule has 0 saturated carbocycles. The van der Waals surface area contributed by atoms with Gasteiger partial charge in [-0.05, 0) is 41.7 Å². The van der Waals surface area contributed by atoms with Gasteiger partial charge in [0, 0.05) is 6.42 Å². The Balaban J connectivity index is 1.66. The number of benzene rings is 3. The Morgan fingerprint density at radius 3 is 2.12 bits per heavy atom. The molecule has 0 bridgehead atoms. The Hall–Kier alpha value is -4.26. The predicted molar refractivity (Wildman–Crippen MR) is 163 cm³/mol. The zero-order chi connectivity index (χ0) is 30.1. The van der Waals surface area contributed by atoms with Crippen molar-refractivity contribution >= 4 is 39.3 Å². The monoisotopic (exact) mass is 608 g/mol. The zero-order valence-corrected chi connectivity index (χ0v) is 24.7. The summed E-state index contributed by atoms with van der Waals surface area (Å²) >= 11 is 1.49. The van der Waals surface area contributed by atoms with E-state index in [0.717, 1.165) is 27.3 Å². The smallest absolute Gasteiger partial charge is 0.407 e. The minimum Gasteiger partial charge on any atom is -0.453 e. The SMILES string of the molecule is CCc1nc(C(Cc2ccc(NS(=O)(=O)O)cc2)NC(=O)C(Cc2ccccc2)NC(=O)OC)sc1-c1ccccc1. The van der Waals surface area contributed by atoms with Gasteiger partial charge >= 0.3 is 16.4 Å². The quantitative estimate of drug-likeness (QED) is 0.166. The Bertz CT molecular complexity index is 1590. The van der Waals surface area contributed by atoms with Gasteiger partial charge in [0.25, 0.3) is 0 Å². The molecule has 220 valence electrons. The van der Waals surface area contributed by atoms with Gasteiger partial charge in [-0.1, -0.05) is 79.7 Å². The summed E-state index contributed by atoms with van der Waals surface area (Å²) < 4.78 is 38.3.